The maximum atomic E-state index is 10.2. The largest absolute Gasteiger partial charge is 0.491 e. The molecular formula is C17H23N3O2. The number of β-amino-alcohol motifs (C(OH)–C–C–N with tert-alkyl or cyclic N) is 1. The van der Waals surface area contributed by atoms with Crippen LogP contribution >= 0.6 is 0 Å². The topological polar surface area (TPSA) is 50.5 Å². The molecule has 0 fully saturated rings. The molecular weight excluding hydrogens is 278 g/mol. The van der Waals surface area contributed by atoms with Gasteiger partial charge in [-0.2, -0.15) is 0 Å². The third-order valence-electron chi connectivity index (χ3n) is 3.95. The van der Waals surface area contributed by atoms with Gasteiger partial charge in [0.1, 0.15) is 18.5 Å². The van der Waals surface area contributed by atoms with Gasteiger partial charge in [0, 0.05) is 32.4 Å². The average molecular weight is 301 g/mol. The Morgan fingerprint density at radius 2 is 2.00 bits per heavy atom. The van der Waals surface area contributed by atoms with Crippen LogP contribution in [0.2, 0.25) is 0 Å². The Morgan fingerprint density at radius 3 is 2.77 bits per heavy atom. The van der Waals surface area contributed by atoms with Gasteiger partial charge in [-0.05, 0) is 37.1 Å². The second-order valence-electron chi connectivity index (χ2n) is 6.10. The van der Waals surface area contributed by atoms with Crippen LogP contribution in [-0.4, -0.2) is 45.4 Å². The van der Waals surface area contributed by atoms with Gasteiger partial charge < -0.3 is 14.4 Å². The highest BCUT2D eigenvalue weighted by molar-refractivity contribution is 5.32. The molecule has 0 radical (unpaired) electrons. The zero-order valence-corrected chi connectivity index (χ0v) is 13.2. The van der Waals surface area contributed by atoms with Crippen molar-refractivity contribution in [3.8, 4) is 5.75 Å². The number of nitrogens with zero attached hydrogens (tertiary/aromatic N) is 3. The summed E-state index contributed by atoms with van der Waals surface area (Å²) < 4.78 is 7.89. The van der Waals surface area contributed by atoms with E-state index in [4.69, 9.17) is 4.74 Å². The van der Waals surface area contributed by atoms with Crippen molar-refractivity contribution in [1.82, 2.24) is 14.5 Å². The Morgan fingerprint density at radius 1 is 1.23 bits per heavy atom. The van der Waals surface area contributed by atoms with Crippen LogP contribution in [-0.2, 0) is 13.1 Å². The summed E-state index contributed by atoms with van der Waals surface area (Å²) in [7, 11) is 0. The molecule has 1 aromatic heterocycles. The third kappa shape index (κ3) is 3.67. The fourth-order valence-corrected chi connectivity index (χ4v) is 2.95. The highest BCUT2D eigenvalue weighted by Crippen LogP contribution is 2.17. The molecule has 0 amide bonds. The zero-order valence-electron chi connectivity index (χ0n) is 13.2. The molecule has 1 aliphatic heterocycles. The Balaban J connectivity index is 1.49. The first-order chi connectivity index (χ1) is 10.6. The minimum absolute atomic E-state index is 0.318. The van der Waals surface area contributed by atoms with E-state index in [0.717, 1.165) is 25.4 Å². The number of ether oxygens (including phenoxy) is 1. The van der Waals surface area contributed by atoms with Crippen LogP contribution in [0.15, 0.2) is 30.7 Å². The summed E-state index contributed by atoms with van der Waals surface area (Å²) in [6.45, 7) is 7.74. The van der Waals surface area contributed by atoms with Gasteiger partial charge in [-0.25, -0.2) is 4.98 Å². The lowest BCUT2D eigenvalue weighted by Gasteiger charge is -2.29. The standard InChI is InChI=1S/C17H23N3O2/c1-13-5-14(2)7-17(6-13)22-11-16(21)10-19-3-4-20-12-18-8-15(20)9-19/h5-8,12,16,21H,3-4,9-11H2,1-2H3. The van der Waals surface area contributed by atoms with Crippen LogP contribution < -0.4 is 4.74 Å². The molecule has 5 nitrogen and oxygen atoms in total. The van der Waals surface area contributed by atoms with E-state index in [0.29, 0.717) is 13.2 Å². The van der Waals surface area contributed by atoms with E-state index in [-0.39, 0.29) is 0 Å². The third-order valence-corrected chi connectivity index (χ3v) is 3.95. The highest BCUT2D eigenvalue weighted by Gasteiger charge is 2.18. The van der Waals surface area contributed by atoms with Crippen molar-refractivity contribution in [2.45, 2.75) is 33.0 Å². The predicted octanol–water partition coefficient (Wildman–Crippen LogP) is 1.76. The molecule has 0 spiro atoms. The summed E-state index contributed by atoms with van der Waals surface area (Å²) in [5.74, 6) is 0.827. The molecule has 0 bridgehead atoms. The van der Waals surface area contributed by atoms with Crippen LogP contribution in [0.3, 0.4) is 0 Å². The Bertz CT molecular complexity index is 618. The number of fused-ring (bicyclic) bond motifs is 1. The normalized spacial score (nSPS) is 16.3. The first kappa shape index (κ1) is 15.1. The molecule has 2 heterocycles. The average Bonchev–Trinajstić information content (AvgIpc) is 2.92. The maximum absolute atomic E-state index is 10.2. The molecule has 0 saturated carbocycles. The summed E-state index contributed by atoms with van der Waals surface area (Å²) >= 11 is 0. The minimum atomic E-state index is -0.490. The number of aliphatic hydroxyl groups excluding tert-OH is 1. The highest BCUT2D eigenvalue weighted by atomic mass is 16.5. The van der Waals surface area contributed by atoms with Crippen molar-refractivity contribution in [2.24, 2.45) is 0 Å². The van der Waals surface area contributed by atoms with E-state index in [2.05, 4.69) is 20.5 Å². The monoisotopic (exact) mass is 301 g/mol. The van der Waals surface area contributed by atoms with Crippen LogP contribution in [0.25, 0.3) is 0 Å². The van der Waals surface area contributed by atoms with Crippen LogP contribution in [0.1, 0.15) is 16.8 Å². The van der Waals surface area contributed by atoms with E-state index in [1.165, 1.54) is 16.8 Å². The van der Waals surface area contributed by atoms with E-state index in [1.807, 2.05) is 38.5 Å². The molecule has 1 aromatic carbocycles. The molecule has 1 aliphatic rings. The van der Waals surface area contributed by atoms with E-state index >= 15 is 0 Å². The molecule has 2 aromatic rings. The fraction of sp³-hybridized carbons (Fsp3) is 0.471. The summed E-state index contributed by atoms with van der Waals surface area (Å²) in [5.41, 5.74) is 3.55. The summed E-state index contributed by atoms with van der Waals surface area (Å²) in [6, 6.07) is 6.11. The van der Waals surface area contributed by atoms with Crippen molar-refractivity contribution in [2.75, 3.05) is 19.7 Å². The number of benzene rings is 1. The quantitative estimate of drug-likeness (QED) is 0.914. The van der Waals surface area contributed by atoms with Gasteiger partial charge in [-0.3, -0.25) is 4.90 Å². The van der Waals surface area contributed by atoms with E-state index < -0.39 is 6.10 Å². The number of hydrogen-bond acceptors (Lipinski definition) is 4. The van der Waals surface area contributed by atoms with Gasteiger partial charge in [-0.15, -0.1) is 0 Å². The number of aryl methyl sites for hydroxylation is 2. The van der Waals surface area contributed by atoms with Crippen molar-refractivity contribution < 1.29 is 9.84 Å². The lowest BCUT2D eigenvalue weighted by molar-refractivity contribution is 0.0590. The van der Waals surface area contributed by atoms with Gasteiger partial charge in [0.15, 0.2) is 0 Å². The number of aliphatic hydroxyl groups is 1. The van der Waals surface area contributed by atoms with Crippen molar-refractivity contribution in [3.05, 3.63) is 47.5 Å². The Kier molecular flexibility index (Phi) is 4.45. The van der Waals surface area contributed by atoms with Crippen LogP contribution in [0.4, 0.5) is 0 Å². The van der Waals surface area contributed by atoms with Crippen molar-refractivity contribution in [3.63, 3.8) is 0 Å². The molecule has 1 unspecified atom stereocenters. The van der Waals surface area contributed by atoms with Gasteiger partial charge in [-0.1, -0.05) is 6.07 Å². The first-order valence-corrected chi connectivity index (χ1v) is 7.70. The fourth-order valence-electron chi connectivity index (χ4n) is 2.95. The number of rotatable bonds is 5. The maximum Gasteiger partial charge on any atom is 0.119 e. The van der Waals surface area contributed by atoms with E-state index in [9.17, 15) is 5.11 Å². The smallest absolute Gasteiger partial charge is 0.119 e. The van der Waals surface area contributed by atoms with Gasteiger partial charge >= 0.3 is 0 Å². The molecule has 0 saturated heterocycles. The first-order valence-electron chi connectivity index (χ1n) is 7.70. The Hall–Kier alpha value is -1.85. The van der Waals surface area contributed by atoms with Crippen LogP contribution in [0.5, 0.6) is 5.75 Å². The Labute approximate surface area is 131 Å². The molecule has 22 heavy (non-hydrogen) atoms. The number of hydrogen-bond donors (Lipinski definition) is 1. The molecule has 0 aliphatic carbocycles. The zero-order chi connectivity index (χ0) is 15.5. The molecule has 118 valence electrons. The minimum Gasteiger partial charge on any atom is -0.491 e. The lowest BCUT2D eigenvalue weighted by Crippen LogP contribution is -2.40. The molecule has 1 atom stereocenters. The predicted molar refractivity (Wildman–Crippen MR) is 84.9 cm³/mol. The summed E-state index contributed by atoms with van der Waals surface area (Å²) in [6.07, 6.45) is 3.27. The van der Waals surface area contributed by atoms with Gasteiger partial charge in [0.05, 0.1) is 12.0 Å². The van der Waals surface area contributed by atoms with Gasteiger partial charge in [0.25, 0.3) is 0 Å². The molecule has 3 rings (SSSR count). The van der Waals surface area contributed by atoms with E-state index in [1.54, 1.807) is 0 Å². The second-order valence-corrected chi connectivity index (χ2v) is 6.10. The summed E-state index contributed by atoms with van der Waals surface area (Å²) in [5, 5.41) is 10.2. The molecule has 1 N–H and O–H groups in total. The number of aromatic nitrogens is 2. The van der Waals surface area contributed by atoms with Crippen molar-refractivity contribution in [1.29, 1.82) is 0 Å². The van der Waals surface area contributed by atoms with Crippen LogP contribution in [0, 0.1) is 13.8 Å². The number of imidazole rings is 1. The van der Waals surface area contributed by atoms with Gasteiger partial charge in [0.2, 0.25) is 0 Å². The lowest BCUT2D eigenvalue weighted by atomic mass is 10.1. The second kappa shape index (κ2) is 6.50. The molecule has 5 heteroatoms. The van der Waals surface area contributed by atoms with Crippen molar-refractivity contribution >= 4 is 0 Å². The SMILES string of the molecule is Cc1cc(C)cc(OCC(O)CN2CCn3cncc3C2)c1. The summed E-state index contributed by atoms with van der Waals surface area (Å²) in [4.78, 5) is 6.40.